The molecular formula is C20H23FN2O. The highest BCUT2D eigenvalue weighted by molar-refractivity contribution is 5.80. The number of anilines is 1. The molecule has 1 N–H and O–H groups in total. The van der Waals surface area contributed by atoms with E-state index in [0.717, 1.165) is 24.1 Å². The maximum absolute atomic E-state index is 14.2. The van der Waals surface area contributed by atoms with E-state index in [-0.39, 0.29) is 11.9 Å². The van der Waals surface area contributed by atoms with Gasteiger partial charge in [-0.05, 0) is 36.6 Å². The summed E-state index contributed by atoms with van der Waals surface area (Å²) in [6.45, 7) is 0.343. The quantitative estimate of drug-likeness (QED) is 0.590. The number of nitrogens with one attached hydrogen (secondary N) is 1. The molecule has 0 spiro atoms. The lowest BCUT2D eigenvalue weighted by atomic mass is 9.98. The number of halogens is 1. The maximum atomic E-state index is 14.2. The van der Waals surface area contributed by atoms with Crippen LogP contribution in [0.4, 0.5) is 10.1 Å². The van der Waals surface area contributed by atoms with Gasteiger partial charge in [0.15, 0.2) is 0 Å². The number of nitrogens with zero attached hydrogens (tertiary/aromatic N) is 1. The molecule has 1 aliphatic carbocycles. The third kappa shape index (κ3) is 4.90. The Balaban J connectivity index is 1.53. The van der Waals surface area contributed by atoms with Crippen molar-refractivity contribution in [3.63, 3.8) is 0 Å². The Morgan fingerprint density at radius 2 is 1.88 bits per heavy atom. The molecule has 0 heterocycles. The number of benzene rings is 2. The fourth-order valence-electron chi connectivity index (χ4n) is 2.89. The van der Waals surface area contributed by atoms with Gasteiger partial charge in [0.25, 0.3) is 0 Å². The molecule has 1 fully saturated rings. The van der Waals surface area contributed by atoms with Crippen molar-refractivity contribution in [1.29, 1.82) is 0 Å². The van der Waals surface area contributed by atoms with Gasteiger partial charge >= 0.3 is 0 Å². The molecule has 0 saturated heterocycles. The van der Waals surface area contributed by atoms with Crippen molar-refractivity contribution in [1.82, 2.24) is 0 Å². The van der Waals surface area contributed by atoms with Crippen LogP contribution in [0.15, 0.2) is 53.6 Å². The Labute approximate surface area is 142 Å². The van der Waals surface area contributed by atoms with Crippen LogP contribution >= 0.6 is 0 Å². The maximum Gasteiger partial charge on any atom is 0.129 e. The molecule has 0 bridgehead atoms. The fraction of sp³-hybridized carbons (Fsp3) is 0.350. The predicted molar refractivity (Wildman–Crippen MR) is 95.7 cm³/mol. The first-order valence-corrected chi connectivity index (χ1v) is 8.55. The molecule has 1 aliphatic rings. The number of para-hydroxylation sites is 1. The van der Waals surface area contributed by atoms with Crippen molar-refractivity contribution < 1.29 is 9.13 Å². The van der Waals surface area contributed by atoms with Gasteiger partial charge in [0.2, 0.25) is 0 Å². The van der Waals surface area contributed by atoms with Crippen LogP contribution in [0.3, 0.4) is 0 Å². The zero-order valence-electron chi connectivity index (χ0n) is 13.7. The van der Waals surface area contributed by atoms with E-state index in [9.17, 15) is 4.39 Å². The summed E-state index contributed by atoms with van der Waals surface area (Å²) in [5.41, 5.74) is 5.14. The number of hydrogen-bond acceptors (Lipinski definition) is 3. The summed E-state index contributed by atoms with van der Waals surface area (Å²) in [7, 11) is 0. The second kappa shape index (κ2) is 8.60. The highest BCUT2D eigenvalue weighted by Gasteiger charge is 2.14. The van der Waals surface area contributed by atoms with Gasteiger partial charge in [-0.15, -0.1) is 0 Å². The van der Waals surface area contributed by atoms with Gasteiger partial charge in [0, 0.05) is 5.56 Å². The summed E-state index contributed by atoms with van der Waals surface area (Å²) in [4.78, 5) is 0. The van der Waals surface area contributed by atoms with Crippen LogP contribution in [0, 0.1) is 5.82 Å². The third-order valence-corrected chi connectivity index (χ3v) is 4.28. The number of rotatable bonds is 6. The van der Waals surface area contributed by atoms with Gasteiger partial charge in [0.1, 0.15) is 5.82 Å². The van der Waals surface area contributed by atoms with Gasteiger partial charge in [-0.1, -0.05) is 49.6 Å². The van der Waals surface area contributed by atoms with Crippen molar-refractivity contribution in [2.45, 2.75) is 44.8 Å². The predicted octanol–water partition coefficient (Wildman–Crippen LogP) is 5.12. The Morgan fingerprint density at radius 1 is 1.08 bits per heavy atom. The van der Waals surface area contributed by atoms with Crippen molar-refractivity contribution in [3.05, 3.63) is 65.5 Å². The van der Waals surface area contributed by atoms with Crippen LogP contribution in [0.25, 0.3) is 0 Å². The molecule has 0 amide bonds. The number of hydrogen-bond donors (Lipinski definition) is 1. The van der Waals surface area contributed by atoms with E-state index < -0.39 is 0 Å². The van der Waals surface area contributed by atoms with Crippen LogP contribution in [-0.4, -0.2) is 12.3 Å². The molecule has 126 valence electrons. The molecule has 24 heavy (non-hydrogen) atoms. The van der Waals surface area contributed by atoms with E-state index >= 15 is 0 Å². The van der Waals surface area contributed by atoms with Gasteiger partial charge in [0.05, 0.1) is 24.6 Å². The molecule has 0 radical (unpaired) electrons. The molecular weight excluding hydrogens is 303 g/mol. The molecule has 2 aromatic carbocycles. The number of hydrazone groups is 1. The second-order valence-corrected chi connectivity index (χ2v) is 6.16. The van der Waals surface area contributed by atoms with Crippen molar-refractivity contribution in [3.8, 4) is 0 Å². The van der Waals surface area contributed by atoms with Crippen LogP contribution in [0.5, 0.6) is 0 Å². The van der Waals surface area contributed by atoms with Crippen LogP contribution in [0.1, 0.15) is 43.2 Å². The first kappa shape index (κ1) is 16.7. The van der Waals surface area contributed by atoms with Crippen LogP contribution < -0.4 is 5.43 Å². The van der Waals surface area contributed by atoms with Crippen LogP contribution in [-0.2, 0) is 11.3 Å². The van der Waals surface area contributed by atoms with Crippen molar-refractivity contribution in [2.24, 2.45) is 5.10 Å². The average Bonchev–Trinajstić information content (AvgIpc) is 2.63. The summed E-state index contributed by atoms with van der Waals surface area (Å²) in [5.74, 6) is -0.241. The van der Waals surface area contributed by atoms with E-state index in [1.165, 1.54) is 25.3 Å². The van der Waals surface area contributed by atoms with Gasteiger partial charge < -0.3 is 4.74 Å². The first-order chi connectivity index (χ1) is 11.8. The van der Waals surface area contributed by atoms with Gasteiger partial charge in [-0.3, -0.25) is 5.43 Å². The molecule has 0 aromatic heterocycles. The minimum absolute atomic E-state index is 0.241. The Hall–Kier alpha value is -2.20. The van der Waals surface area contributed by atoms with E-state index in [4.69, 9.17) is 4.74 Å². The number of ether oxygens (including phenoxy) is 1. The largest absolute Gasteiger partial charge is 0.373 e. The lowest BCUT2D eigenvalue weighted by molar-refractivity contribution is 0.0156. The van der Waals surface area contributed by atoms with E-state index in [2.05, 4.69) is 10.5 Å². The minimum atomic E-state index is -0.241. The normalized spacial score (nSPS) is 15.7. The van der Waals surface area contributed by atoms with E-state index in [1.54, 1.807) is 12.3 Å². The fourth-order valence-corrected chi connectivity index (χ4v) is 2.89. The van der Waals surface area contributed by atoms with Crippen LogP contribution in [0.2, 0.25) is 0 Å². The summed E-state index contributed by atoms with van der Waals surface area (Å²) in [6, 6.07) is 14.8. The topological polar surface area (TPSA) is 33.6 Å². The summed E-state index contributed by atoms with van der Waals surface area (Å²) in [6.07, 6.45) is 7.82. The third-order valence-electron chi connectivity index (χ3n) is 4.28. The Bertz CT molecular complexity index is 667. The molecule has 4 heteroatoms. The zero-order chi connectivity index (χ0) is 16.6. The first-order valence-electron chi connectivity index (χ1n) is 8.55. The lowest BCUT2D eigenvalue weighted by Gasteiger charge is -2.22. The summed E-state index contributed by atoms with van der Waals surface area (Å²) < 4.78 is 20.0. The second-order valence-electron chi connectivity index (χ2n) is 6.16. The monoisotopic (exact) mass is 326 g/mol. The van der Waals surface area contributed by atoms with Crippen molar-refractivity contribution in [2.75, 3.05) is 5.43 Å². The minimum Gasteiger partial charge on any atom is -0.373 e. The molecule has 3 rings (SSSR count). The highest BCUT2D eigenvalue weighted by Crippen LogP contribution is 2.22. The standard InChI is InChI=1S/C20H23FN2O/c21-20-13-16(14-22-23-18-7-3-1-4-8-18)11-12-17(20)15-24-19-9-5-2-6-10-19/h1,3-4,7-8,11-14,19,23H,2,5-6,9-10,15H2. The molecule has 1 saturated carbocycles. The van der Waals surface area contributed by atoms with E-state index in [1.807, 2.05) is 36.4 Å². The summed E-state index contributed by atoms with van der Waals surface area (Å²) >= 11 is 0. The smallest absolute Gasteiger partial charge is 0.129 e. The van der Waals surface area contributed by atoms with E-state index in [0.29, 0.717) is 12.2 Å². The Kier molecular flexibility index (Phi) is 5.96. The molecule has 0 aliphatic heterocycles. The van der Waals surface area contributed by atoms with Crippen molar-refractivity contribution >= 4 is 11.9 Å². The Morgan fingerprint density at radius 3 is 2.62 bits per heavy atom. The molecule has 3 nitrogen and oxygen atoms in total. The van der Waals surface area contributed by atoms with Gasteiger partial charge in [-0.2, -0.15) is 5.10 Å². The molecule has 2 aromatic rings. The SMILES string of the molecule is Fc1cc(C=NNc2ccccc2)ccc1COC1CCCCC1. The highest BCUT2D eigenvalue weighted by atomic mass is 19.1. The lowest BCUT2D eigenvalue weighted by Crippen LogP contribution is -2.16. The summed E-state index contributed by atoms with van der Waals surface area (Å²) in [5, 5.41) is 4.13. The molecule has 0 atom stereocenters. The zero-order valence-corrected chi connectivity index (χ0v) is 13.7. The van der Waals surface area contributed by atoms with Gasteiger partial charge in [-0.25, -0.2) is 4.39 Å². The molecule has 0 unspecified atom stereocenters. The average molecular weight is 326 g/mol.